The van der Waals surface area contributed by atoms with Crippen LogP contribution >= 0.6 is 0 Å². The third-order valence-corrected chi connectivity index (χ3v) is 5.23. The molecule has 1 atom stereocenters. The Morgan fingerprint density at radius 1 is 1.11 bits per heavy atom. The first kappa shape index (κ1) is 19.6. The normalized spacial score (nSPS) is 16.3. The van der Waals surface area contributed by atoms with E-state index in [0.29, 0.717) is 22.3 Å². The Hall–Kier alpha value is -3.13. The molecule has 0 aromatic heterocycles. The van der Waals surface area contributed by atoms with Gasteiger partial charge in [0.1, 0.15) is 0 Å². The third-order valence-electron chi connectivity index (χ3n) is 5.23. The Morgan fingerprint density at radius 2 is 1.82 bits per heavy atom. The third kappa shape index (κ3) is 4.23. The molecule has 0 N–H and O–H groups in total. The zero-order valence-electron chi connectivity index (χ0n) is 16.1. The quantitative estimate of drug-likeness (QED) is 0.734. The fraction of sp³-hybridized carbons (Fsp3) is 0.348. The first-order valence-corrected chi connectivity index (χ1v) is 9.70. The number of piperidine rings is 1. The highest BCUT2D eigenvalue weighted by molar-refractivity contribution is 5.99. The number of hydrogen-bond donors (Lipinski definition) is 0. The molecule has 0 spiro atoms. The van der Waals surface area contributed by atoms with Crippen molar-refractivity contribution in [3.8, 4) is 17.2 Å². The van der Waals surface area contributed by atoms with E-state index in [4.69, 9.17) is 4.74 Å². The second-order valence-electron chi connectivity index (χ2n) is 6.92. The van der Waals surface area contributed by atoms with Crippen molar-refractivity contribution in [1.82, 2.24) is 4.90 Å². The standard InChI is InChI=1S/C23H24N2O3/c1-2-18-10-7-8-14-25(18)22(26)16-28-23(27)21-13-6-5-12-20(21)19-11-4-3-9-17(19)15-24/h3-6,9,11-13,18H,2,7-8,10,14,16H2,1H3/t18-/m0/s1. The average Bonchev–Trinajstić information content (AvgIpc) is 2.77. The van der Waals surface area contributed by atoms with Crippen molar-refractivity contribution in [3.05, 3.63) is 59.7 Å². The molecule has 144 valence electrons. The molecule has 0 bridgehead atoms. The largest absolute Gasteiger partial charge is 0.452 e. The molecule has 5 nitrogen and oxygen atoms in total. The number of esters is 1. The molecular weight excluding hydrogens is 352 g/mol. The van der Waals surface area contributed by atoms with Crippen molar-refractivity contribution in [2.45, 2.75) is 38.6 Å². The average molecular weight is 376 g/mol. The SMILES string of the molecule is CC[C@H]1CCCCN1C(=O)COC(=O)c1ccccc1-c1ccccc1C#N. The summed E-state index contributed by atoms with van der Waals surface area (Å²) in [4.78, 5) is 27.1. The molecule has 0 aliphatic carbocycles. The zero-order chi connectivity index (χ0) is 19.9. The maximum absolute atomic E-state index is 12.7. The summed E-state index contributed by atoms with van der Waals surface area (Å²) < 4.78 is 5.36. The molecule has 1 aliphatic rings. The molecule has 28 heavy (non-hydrogen) atoms. The number of rotatable bonds is 5. The van der Waals surface area contributed by atoms with E-state index in [-0.39, 0.29) is 18.6 Å². The number of likely N-dealkylation sites (tertiary alicyclic amines) is 1. The maximum Gasteiger partial charge on any atom is 0.339 e. The van der Waals surface area contributed by atoms with E-state index in [9.17, 15) is 14.9 Å². The van der Waals surface area contributed by atoms with Gasteiger partial charge in [-0.15, -0.1) is 0 Å². The number of nitrogens with zero attached hydrogens (tertiary/aromatic N) is 2. The van der Waals surface area contributed by atoms with Crippen LogP contribution in [-0.2, 0) is 9.53 Å². The number of ether oxygens (including phenoxy) is 1. The van der Waals surface area contributed by atoms with E-state index in [1.807, 2.05) is 17.0 Å². The number of benzene rings is 2. The summed E-state index contributed by atoms with van der Waals surface area (Å²) in [6.07, 6.45) is 4.04. The molecule has 5 heteroatoms. The molecule has 0 radical (unpaired) electrons. The highest BCUT2D eigenvalue weighted by atomic mass is 16.5. The van der Waals surface area contributed by atoms with Gasteiger partial charge in [0.2, 0.25) is 0 Å². The second kappa shape index (κ2) is 9.18. The monoisotopic (exact) mass is 376 g/mol. The van der Waals surface area contributed by atoms with Crippen LogP contribution in [0.4, 0.5) is 0 Å². The smallest absolute Gasteiger partial charge is 0.339 e. The van der Waals surface area contributed by atoms with Crippen molar-refractivity contribution < 1.29 is 14.3 Å². The van der Waals surface area contributed by atoms with Gasteiger partial charge in [0.25, 0.3) is 5.91 Å². The van der Waals surface area contributed by atoms with Gasteiger partial charge >= 0.3 is 5.97 Å². The lowest BCUT2D eigenvalue weighted by Crippen LogP contribution is -2.45. The van der Waals surface area contributed by atoms with Gasteiger partial charge in [0, 0.05) is 18.2 Å². The van der Waals surface area contributed by atoms with Crippen LogP contribution in [0.15, 0.2) is 48.5 Å². The summed E-state index contributed by atoms with van der Waals surface area (Å²) >= 11 is 0. The van der Waals surface area contributed by atoms with Gasteiger partial charge < -0.3 is 9.64 Å². The van der Waals surface area contributed by atoms with Crippen LogP contribution < -0.4 is 0 Å². The van der Waals surface area contributed by atoms with Gasteiger partial charge in [-0.3, -0.25) is 4.79 Å². The summed E-state index contributed by atoms with van der Waals surface area (Å²) in [5.74, 6) is -0.698. The van der Waals surface area contributed by atoms with E-state index >= 15 is 0 Å². The summed E-state index contributed by atoms with van der Waals surface area (Å²) in [7, 11) is 0. The summed E-state index contributed by atoms with van der Waals surface area (Å²) in [5, 5.41) is 9.36. The predicted molar refractivity (Wildman–Crippen MR) is 107 cm³/mol. The molecule has 2 aromatic rings. The van der Waals surface area contributed by atoms with Crippen molar-refractivity contribution in [2.75, 3.05) is 13.2 Å². The van der Waals surface area contributed by atoms with Crippen LogP contribution in [0.5, 0.6) is 0 Å². The van der Waals surface area contributed by atoms with Gasteiger partial charge in [-0.05, 0) is 43.4 Å². The molecular formula is C23H24N2O3. The zero-order valence-corrected chi connectivity index (χ0v) is 16.1. The van der Waals surface area contributed by atoms with Crippen molar-refractivity contribution in [2.24, 2.45) is 0 Å². The Balaban J connectivity index is 1.75. The lowest BCUT2D eigenvalue weighted by Gasteiger charge is -2.35. The van der Waals surface area contributed by atoms with Crippen molar-refractivity contribution >= 4 is 11.9 Å². The number of carbonyl (C=O) groups excluding carboxylic acids is 2. The van der Waals surface area contributed by atoms with Crippen LogP contribution in [0, 0.1) is 11.3 Å². The molecule has 3 rings (SSSR count). The first-order valence-electron chi connectivity index (χ1n) is 9.70. The first-order chi connectivity index (χ1) is 13.7. The summed E-state index contributed by atoms with van der Waals surface area (Å²) in [6, 6.07) is 16.5. The van der Waals surface area contributed by atoms with Gasteiger partial charge in [-0.1, -0.05) is 43.3 Å². The fourth-order valence-electron chi connectivity index (χ4n) is 3.75. The minimum atomic E-state index is -0.554. The number of carbonyl (C=O) groups is 2. The molecule has 1 amide bonds. The molecule has 1 aliphatic heterocycles. The number of hydrogen-bond acceptors (Lipinski definition) is 4. The minimum absolute atomic E-state index is 0.144. The molecule has 2 aromatic carbocycles. The Bertz CT molecular complexity index is 901. The van der Waals surface area contributed by atoms with E-state index in [1.54, 1.807) is 36.4 Å². The predicted octanol–water partition coefficient (Wildman–Crippen LogP) is 4.17. The molecule has 1 fully saturated rings. The van der Waals surface area contributed by atoms with Crippen LogP contribution in [-0.4, -0.2) is 36.0 Å². The maximum atomic E-state index is 12.7. The lowest BCUT2D eigenvalue weighted by atomic mass is 9.96. The van der Waals surface area contributed by atoms with Crippen LogP contribution in [0.3, 0.4) is 0 Å². The van der Waals surface area contributed by atoms with Gasteiger partial charge in [-0.25, -0.2) is 4.79 Å². The van der Waals surface area contributed by atoms with Crippen molar-refractivity contribution in [3.63, 3.8) is 0 Å². The van der Waals surface area contributed by atoms with E-state index in [1.165, 1.54) is 0 Å². The van der Waals surface area contributed by atoms with Crippen LogP contribution in [0.25, 0.3) is 11.1 Å². The van der Waals surface area contributed by atoms with Gasteiger partial charge in [-0.2, -0.15) is 5.26 Å². The van der Waals surface area contributed by atoms with Crippen LogP contribution in [0.1, 0.15) is 48.5 Å². The molecule has 1 heterocycles. The fourth-order valence-corrected chi connectivity index (χ4v) is 3.75. The highest BCUT2D eigenvalue weighted by Gasteiger charge is 2.26. The summed E-state index contributed by atoms with van der Waals surface area (Å²) in [5.41, 5.74) is 2.13. The van der Waals surface area contributed by atoms with E-state index in [2.05, 4.69) is 13.0 Å². The van der Waals surface area contributed by atoms with E-state index in [0.717, 1.165) is 32.2 Å². The highest BCUT2D eigenvalue weighted by Crippen LogP contribution is 2.27. The van der Waals surface area contributed by atoms with E-state index < -0.39 is 5.97 Å². The lowest BCUT2D eigenvalue weighted by molar-refractivity contribution is -0.138. The Kier molecular flexibility index (Phi) is 6.44. The molecule has 0 unspecified atom stereocenters. The van der Waals surface area contributed by atoms with Crippen molar-refractivity contribution in [1.29, 1.82) is 5.26 Å². The minimum Gasteiger partial charge on any atom is -0.452 e. The molecule has 1 saturated heterocycles. The van der Waals surface area contributed by atoms with Gasteiger partial charge in [0.05, 0.1) is 17.2 Å². The topological polar surface area (TPSA) is 70.4 Å². The number of amides is 1. The molecule has 0 saturated carbocycles. The second-order valence-corrected chi connectivity index (χ2v) is 6.92. The Labute approximate surface area is 165 Å². The summed E-state index contributed by atoms with van der Waals surface area (Å²) in [6.45, 7) is 2.54. The van der Waals surface area contributed by atoms with Gasteiger partial charge in [0.15, 0.2) is 6.61 Å². The number of nitriles is 1. The Morgan fingerprint density at radius 3 is 2.57 bits per heavy atom. The van der Waals surface area contributed by atoms with Crippen LogP contribution in [0.2, 0.25) is 0 Å².